The maximum Gasteiger partial charge on any atom is 0.222 e. The van der Waals surface area contributed by atoms with E-state index in [4.69, 9.17) is 10.5 Å². The zero-order valence-corrected chi connectivity index (χ0v) is 9.95. The first-order chi connectivity index (χ1) is 7.81. The minimum Gasteiger partial charge on any atom is -0.381 e. The van der Waals surface area contributed by atoms with Gasteiger partial charge >= 0.3 is 0 Å². The van der Waals surface area contributed by atoms with Crippen LogP contribution in [0.15, 0.2) is 17.8 Å². The average Bonchev–Trinajstić information content (AvgIpc) is 2.89. The van der Waals surface area contributed by atoms with Crippen LogP contribution in [0.1, 0.15) is 6.42 Å². The zero-order chi connectivity index (χ0) is 11.4. The summed E-state index contributed by atoms with van der Waals surface area (Å²) in [6.45, 7) is 6.09. The van der Waals surface area contributed by atoms with Gasteiger partial charge in [-0.15, -0.1) is 16.8 Å². The Morgan fingerprint density at radius 1 is 1.62 bits per heavy atom. The van der Waals surface area contributed by atoms with Gasteiger partial charge in [0.15, 0.2) is 5.16 Å². The van der Waals surface area contributed by atoms with E-state index in [1.54, 1.807) is 17.8 Å². The molecule has 16 heavy (non-hydrogen) atoms. The van der Waals surface area contributed by atoms with Crippen molar-refractivity contribution in [2.45, 2.75) is 18.1 Å². The van der Waals surface area contributed by atoms with Gasteiger partial charge < -0.3 is 10.5 Å². The van der Waals surface area contributed by atoms with Gasteiger partial charge in [0.05, 0.1) is 6.61 Å². The molecule has 1 aromatic rings. The molecule has 1 aromatic heterocycles. The maximum absolute atomic E-state index is 5.71. The van der Waals surface area contributed by atoms with E-state index in [1.165, 1.54) is 0 Å². The normalized spacial score (nSPS) is 20.1. The summed E-state index contributed by atoms with van der Waals surface area (Å²) in [7, 11) is 0. The molecule has 6 heteroatoms. The van der Waals surface area contributed by atoms with Gasteiger partial charge in [-0.05, 0) is 12.3 Å². The molecular weight excluding hydrogens is 224 g/mol. The number of hydrogen-bond donors (Lipinski definition) is 1. The molecule has 0 unspecified atom stereocenters. The minimum absolute atomic E-state index is 0.449. The first-order valence-electron chi connectivity index (χ1n) is 5.31. The number of allylic oxidation sites excluding steroid dienone is 1. The van der Waals surface area contributed by atoms with Crippen LogP contribution in [0.3, 0.4) is 0 Å². The van der Waals surface area contributed by atoms with Crippen molar-refractivity contribution in [1.82, 2.24) is 14.8 Å². The second kappa shape index (κ2) is 5.36. The van der Waals surface area contributed by atoms with Gasteiger partial charge in [-0.25, -0.2) is 0 Å². The molecule has 1 saturated heterocycles. The van der Waals surface area contributed by atoms with E-state index in [0.29, 0.717) is 18.4 Å². The van der Waals surface area contributed by atoms with Crippen LogP contribution in [-0.4, -0.2) is 33.7 Å². The monoisotopic (exact) mass is 240 g/mol. The van der Waals surface area contributed by atoms with Crippen LogP contribution in [0.25, 0.3) is 0 Å². The molecule has 0 amide bonds. The van der Waals surface area contributed by atoms with E-state index in [1.807, 2.05) is 4.57 Å². The quantitative estimate of drug-likeness (QED) is 0.618. The first kappa shape index (κ1) is 11.5. The van der Waals surface area contributed by atoms with Crippen molar-refractivity contribution in [2.75, 3.05) is 24.7 Å². The Hall–Kier alpha value is -1.01. The Morgan fingerprint density at radius 3 is 3.19 bits per heavy atom. The standard InChI is InChI=1S/C10H16N4OS/c1-2-4-14-9(11)12-13-10(14)16-7-8-3-5-15-6-8/h2,8H,1,3-7H2,(H2,11,12)/t8-/m1/s1. The van der Waals surface area contributed by atoms with Crippen molar-refractivity contribution in [1.29, 1.82) is 0 Å². The number of rotatable bonds is 5. The molecule has 2 heterocycles. The van der Waals surface area contributed by atoms with Crippen molar-refractivity contribution in [2.24, 2.45) is 5.92 Å². The number of nitrogen functional groups attached to an aromatic ring is 1. The van der Waals surface area contributed by atoms with Crippen LogP contribution in [0.2, 0.25) is 0 Å². The van der Waals surface area contributed by atoms with E-state index in [9.17, 15) is 0 Å². The highest BCUT2D eigenvalue weighted by atomic mass is 32.2. The number of thioether (sulfide) groups is 1. The Labute approximate surface area is 99.1 Å². The van der Waals surface area contributed by atoms with Crippen LogP contribution in [0.5, 0.6) is 0 Å². The fourth-order valence-electron chi connectivity index (χ4n) is 1.61. The first-order valence-corrected chi connectivity index (χ1v) is 6.30. The van der Waals surface area contributed by atoms with Gasteiger partial charge in [0.1, 0.15) is 0 Å². The summed E-state index contributed by atoms with van der Waals surface area (Å²) in [5, 5.41) is 8.79. The van der Waals surface area contributed by atoms with Gasteiger partial charge in [-0.2, -0.15) is 0 Å². The molecule has 88 valence electrons. The second-order valence-corrected chi connectivity index (χ2v) is 4.77. The highest BCUT2D eigenvalue weighted by Crippen LogP contribution is 2.24. The summed E-state index contributed by atoms with van der Waals surface area (Å²) in [6, 6.07) is 0. The van der Waals surface area contributed by atoms with E-state index < -0.39 is 0 Å². The molecule has 0 aromatic carbocycles. The molecule has 0 saturated carbocycles. The lowest BCUT2D eigenvalue weighted by Crippen LogP contribution is -2.06. The largest absolute Gasteiger partial charge is 0.381 e. The van der Waals surface area contributed by atoms with E-state index in [-0.39, 0.29) is 0 Å². The lowest BCUT2D eigenvalue weighted by molar-refractivity contribution is 0.189. The summed E-state index contributed by atoms with van der Waals surface area (Å²) < 4.78 is 7.20. The molecule has 5 nitrogen and oxygen atoms in total. The van der Waals surface area contributed by atoms with Gasteiger partial charge in [-0.1, -0.05) is 17.8 Å². The predicted molar refractivity (Wildman–Crippen MR) is 64.3 cm³/mol. The fraction of sp³-hybridized carbons (Fsp3) is 0.600. The number of nitrogens with two attached hydrogens (primary N) is 1. The Morgan fingerprint density at radius 2 is 2.50 bits per heavy atom. The summed E-state index contributed by atoms with van der Waals surface area (Å²) in [6.07, 6.45) is 2.93. The third-order valence-corrected chi connectivity index (χ3v) is 3.73. The molecule has 1 aliphatic rings. The number of aromatic nitrogens is 3. The third kappa shape index (κ3) is 2.56. The second-order valence-electron chi connectivity index (χ2n) is 3.78. The van der Waals surface area contributed by atoms with Crippen molar-refractivity contribution < 1.29 is 4.74 Å². The molecule has 1 aliphatic heterocycles. The molecule has 2 rings (SSSR count). The fourth-order valence-corrected chi connectivity index (χ4v) is 2.68. The van der Waals surface area contributed by atoms with Crippen LogP contribution in [0, 0.1) is 5.92 Å². The van der Waals surface area contributed by atoms with Gasteiger partial charge in [0.25, 0.3) is 0 Å². The molecule has 0 spiro atoms. The number of nitrogens with zero attached hydrogens (tertiary/aromatic N) is 3. The topological polar surface area (TPSA) is 66.0 Å². The lowest BCUT2D eigenvalue weighted by atomic mass is 10.2. The van der Waals surface area contributed by atoms with Gasteiger partial charge in [-0.3, -0.25) is 4.57 Å². The number of hydrogen-bond acceptors (Lipinski definition) is 5. The summed E-state index contributed by atoms with van der Waals surface area (Å²) >= 11 is 1.69. The van der Waals surface area contributed by atoms with Crippen molar-refractivity contribution in [3.63, 3.8) is 0 Å². The van der Waals surface area contributed by atoms with Crippen LogP contribution in [0.4, 0.5) is 5.95 Å². The van der Waals surface area contributed by atoms with Crippen LogP contribution >= 0.6 is 11.8 Å². The minimum atomic E-state index is 0.449. The highest BCUT2D eigenvalue weighted by Gasteiger charge is 2.17. The maximum atomic E-state index is 5.71. The molecular formula is C10H16N4OS. The predicted octanol–water partition coefficient (Wildman–Crippen LogP) is 1.17. The van der Waals surface area contributed by atoms with E-state index >= 15 is 0 Å². The van der Waals surface area contributed by atoms with Crippen molar-refractivity contribution in [3.8, 4) is 0 Å². The number of anilines is 1. The molecule has 1 atom stereocenters. The molecule has 2 N–H and O–H groups in total. The Balaban J connectivity index is 1.94. The Bertz CT molecular complexity index is 360. The van der Waals surface area contributed by atoms with E-state index in [2.05, 4.69) is 16.8 Å². The molecule has 0 bridgehead atoms. The van der Waals surface area contributed by atoms with Crippen LogP contribution < -0.4 is 5.73 Å². The zero-order valence-electron chi connectivity index (χ0n) is 9.13. The average molecular weight is 240 g/mol. The van der Waals surface area contributed by atoms with Gasteiger partial charge in [0.2, 0.25) is 5.95 Å². The molecule has 0 radical (unpaired) electrons. The summed E-state index contributed by atoms with van der Waals surface area (Å²) in [5.41, 5.74) is 5.71. The van der Waals surface area contributed by atoms with E-state index in [0.717, 1.165) is 30.5 Å². The van der Waals surface area contributed by atoms with Crippen molar-refractivity contribution in [3.05, 3.63) is 12.7 Å². The Kier molecular flexibility index (Phi) is 3.84. The van der Waals surface area contributed by atoms with Crippen molar-refractivity contribution >= 4 is 17.7 Å². The summed E-state index contributed by atoms with van der Waals surface area (Å²) in [5.74, 6) is 2.08. The van der Waals surface area contributed by atoms with Crippen LogP contribution in [-0.2, 0) is 11.3 Å². The molecule has 0 aliphatic carbocycles. The van der Waals surface area contributed by atoms with Gasteiger partial charge in [0, 0.05) is 18.9 Å². The SMILES string of the molecule is C=CCn1c(N)nnc1SC[C@@H]1CCOC1. The lowest BCUT2D eigenvalue weighted by Gasteiger charge is -2.07. The molecule has 1 fully saturated rings. The number of ether oxygens (including phenoxy) is 1. The summed E-state index contributed by atoms with van der Waals surface area (Å²) in [4.78, 5) is 0. The highest BCUT2D eigenvalue weighted by molar-refractivity contribution is 7.99. The smallest absolute Gasteiger partial charge is 0.222 e. The third-order valence-electron chi connectivity index (χ3n) is 2.53.